The van der Waals surface area contributed by atoms with Crippen molar-refractivity contribution in [2.45, 2.75) is 12.5 Å². The van der Waals surface area contributed by atoms with Crippen LogP contribution >= 0.6 is 0 Å². The Bertz CT molecular complexity index is 1050. The molecule has 3 rings (SSSR count). The number of benzene rings is 2. The third kappa shape index (κ3) is 5.73. The molecule has 5 N–H and O–H groups in total. The highest BCUT2D eigenvalue weighted by atomic mass is 16.4. The molecule has 172 valence electrons. The Morgan fingerprint density at radius 1 is 1.00 bits per heavy atom. The molecule has 1 fully saturated rings. The Labute approximate surface area is 190 Å². The molecule has 0 spiro atoms. The fourth-order valence-electron chi connectivity index (χ4n) is 3.66. The number of carboxylic acids is 1. The lowest BCUT2D eigenvalue weighted by molar-refractivity contribution is -0.159. The fourth-order valence-corrected chi connectivity index (χ4v) is 3.66. The first-order valence-electron chi connectivity index (χ1n) is 10.4. The summed E-state index contributed by atoms with van der Waals surface area (Å²) in [5.74, 6) is -3.00. The van der Waals surface area contributed by atoms with Gasteiger partial charge in [-0.2, -0.15) is 0 Å². The SMILES string of the molecule is N=C(N)c1ccc(C(=O)NCCN2CCN(C(CC(=O)O)c3ccccc3)C(=O)C2=O)cc1. The van der Waals surface area contributed by atoms with E-state index in [0.717, 1.165) is 0 Å². The number of carboxylic acid groups (broad SMARTS) is 1. The number of carbonyl (C=O) groups is 4. The number of piperazine rings is 1. The van der Waals surface area contributed by atoms with Gasteiger partial charge in [-0.3, -0.25) is 24.6 Å². The maximum absolute atomic E-state index is 12.8. The second kappa shape index (κ2) is 10.4. The second-order valence-electron chi connectivity index (χ2n) is 7.56. The summed E-state index contributed by atoms with van der Waals surface area (Å²) in [7, 11) is 0. The van der Waals surface area contributed by atoms with E-state index in [2.05, 4.69) is 5.32 Å². The number of amidine groups is 1. The zero-order valence-corrected chi connectivity index (χ0v) is 17.9. The van der Waals surface area contributed by atoms with Crippen LogP contribution in [0.1, 0.15) is 33.9 Å². The molecule has 0 aliphatic carbocycles. The van der Waals surface area contributed by atoms with Gasteiger partial charge in [0.1, 0.15) is 5.84 Å². The first-order chi connectivity index (χ1) is 15.8. The minimum absolute atomic E-state index is 0.0952. The minimum Gasteiger partial charge on any atom is -0.481 e. The third-order valence-electron chi connectivity index (χ3n) is 5.40. The molecule has 0 saturated carbocycles. The number of nitrogen functional groups attached to an aromatic ring is 1. The van der Waals surface area contributed by atoms with E-state index in [1.165, 1.54) is 9.80 Å². The lowest BCUT2D eigenvalue weighted by Gasteiger charge is -2.38. The largest absolute Gasteiger partial charge is 0.481 e. The molecule has 1 heterocycles. The van der Waals surface area contributed by atoms with Crippen LogP contribution in [0, 0.1) is 5.41 Å². The molecule has 1 atom stereocenters. The van der Waals surface area contributed by atoms with E-state index in [4.69, 9.17) is 11.1 Å². The van der Waals surface area contributed by atoms with Gasteiger partial charge in [0.05, 0.1) is 12.5 Å². The molecular weight excluding hydrogens is 426 g/mol. The van der Waals surface area contributed by atoms with E-state index in [0.29, 0.717) is 16.7 Å². The number of nitrogens with two attached hydrogens (primary N) is 1. The number of rotatable bonds is 9. The van der Waals surface area contributed by atoms with E-state index < -0.39 is 23.8 Å². The van der Waals surface area contributed by atoms with Gasteiger partial charge in [0.15, 0.2) is 0 Å². The highest BCUT2D eigenvalue weighted by molar-refractivity contribution is 6.35. The van der Waals surface area contributed by atoms with Crippen LogP contribution in [0.4, 0.5) is 0 Å². The van der Waals surface area contributed by atoms with Gasteiger partial charge in [0.25, 0.3) is 5.91 Å². The number of hydrogen-bond acceptors (Lipinski definition) is 5. The summed E-state index contributed by atoms with van der Waals surface area (Å²) in [6.07, 6.45) is -0.304. The van der Waals surface area contributed by atoms with E-state index in [1.807, 2.05) is 0 Å². The molecule has 0 aromatic heterocycles. The molecule has 1 saturated heterocycles. The van der Waals surface area contributed by atoms with Crippen LogP contribution in [0.15, 0.2) is 54.6 Å². The molecule has 3 amide bonds. The monoisotopic (exact) mass is 451 g/mol. The molecule has 1 aliphatic heterocycles. The predicted molar refractivity (Wildman–Crippen MR) is 120 cm³/mol. The average Bonchev–Trinajstić information content (AvgIpc) is 2.81. The Balaban J connectivity index is 1.58. The van der Waals surface area contributed by atoms with Crippen LogP contribution in [0.25, 0.3) is 0 Å². The van der Waals surface area contributed by atoms with Crippen molar-refractivity contribution < 1.29 is 24.3 Å². The van der Waals surface area contributed by atoms with Crippen LogP contribution in [0.2, 0.25) is 0 Å². The normalized spacial score (nSPS) is 14.7. The maximum Gasteiger partial charge on any atom is 0.312 e. The quantitative estimate of drug-likeness (QED) is 0.248. The molecule has 10 nitrogen and oxygen atoms in total. The Morgan fingerprint density at radius 3 is 2.24 bits per heavy atom. The van der Waals surface area contributed by atoms with Gasteiger partial charge in [-0.1, -0.05) is 42.5 Å². The lowest BCUT2D eigenvalue weighted by Crippen LogP contribution is -2.56. The number of carbonyl (C=O) groups excluding carboxylic acids is 3. The number of amides is 3. The average molecular weight is 451 g/mol. The van der Waals surface area contributed by atoms with Crippen LogP contribution in [0.3, 0.4) is 0 Å². The summed E-state index contributed by atoms with van der Waals surface area (Å²) in [6, 6.07) is 14.3. The van der Waals surface area contributed by atoms with E-state index >= 15 is 0 Å². The van der Waals surface area contributed by atoms with E-state index in [1.54, 1.807) is 54.6 Å². The summed E-state index contributed by atoms with van der Waals surface area (Å²) in [6.45, 7) is 0.711. The van der Waals surface area contributed by atoms with Crippen LogP contribution in [0.5, 0.6) is 0 Å². The lowest BCUT2D eigenvalue weighted by atomic mass is 10.0. The highest BCUT2D eigenvalue weighted by Crippen LogP contribution is 2.26. The van der Waals surface area contributed by atoms with Gasteiger partial charge in [-0.05, 0) is 17.7 Å². The third-order valence-corrected chi connectivity index (χ3v) is 5.40. The van der Waals surface area contributed by atoms with Gasteiger partial charge in [0, 0.05) is 37.3 Å². The van der Waals surface area contributed by atoms with Crippen molar-refractivity contribution in [1.29, 1.82) is 5.41 Å². The molecule has 1 aliphatic rings. The molecule has 2 aromatic rings. The zero-order valence-electron chi connectivity index (χ0n) is 17.9. The predicted octanol–water partition coefficient (Wildman–Crippen LogP) is 0.587. The summed E-state index contributed by atoms with van der Waals surface area (Å²) in [5.41, 5.74) is 6.93. The zero-order chi connectivity index (χ0) is 24.0. The van der Waals surface area contributed by atoms with Crippen LogP contribution in [-0.4, -0.2) is 70.6 Å². The summed E-state index contributed by atoms with van der Waals surface area (Å²) in [4.78, 5) is 51.7. The molecular formula is C23H25N5O5. The van der Waals surface area contributed by atoms with E-state index in [-0.39, 0.29) is 44.3 Å². The van der Waals surface area contributed by atoms with Crippen molar-refractivity contribution in [1.82, 2.24) is 15.1 Å². The van der Waals surface area contributed by atoms with Crippen LogP contribution in [-0.2, 0) is 14.4 Å². The Hall–Kier alpha value is -4.21. The van der Waals surface area contributed by atoms with Crippen molar-refractivity contribution in [3.05, 3.63) is 71.3 Å². The molecule has 0 bridgehead atoms. The van der Waals surface area contributed by atoms with Crippen molar-refractivity contribution >= 4 is 29.5 Å². The topological polar surface area (TPSA) is 157 Å². The molecule has 10 heteroatoms. The Kier molecular flexibility index (Phi) is 7.39. The number of nitrogens with one attached hydrogen (secondary N) is 2. The minimum atomic E-state index is -1.06. The summed E-state index contributed by atoms with van der Waals surface area (Å²) < 4.78 is 0. The second-order valence-corrected chi connectivity index (χ2v) is 7.56. The van der Waals surface area contributed by atoms with Crippen molar-refractivity contribution in [2.24, 2.45) is 5.73 Å². The standard InChI is InChI=1S/C23H25N5O5/c24-20(25)16-6-8-17(9-7-16)21(31)26-10-11-27-12-13-28(23(33)22(27)32)18(14-19(29)30)15-4-2-1-3-5-15/h1-9,18H,10-14H2,(H3,24,25)(H,26,31)(H,29,30). The molecule has 0 radical (unpaired) electrons. The smallest absolute Gasteiger partial charge is 0.312 e. The van der Waals surface area contributed by atoms with Gasteiger partial charge in [0.2, 0.25) is 0 Å². The summed E-state index contributed by atoms with van der Waals surface area (Å²) in [5, 5.41) is 19.4. The van der Waals surface area contributed by atoms with Crippen molar-refractivity contribution in [3.8, 4) is 0 Å². The van der Waals surface area contributed by atoms with Gasteiger partial charge in [-0.15, -0.1) is 0 Å². The Morgan fingerprint density at radius 2 is 1.64 bits per heavy atom. The number of hydrogen-bond donors (Lipinski definition) is 4. The van der Waals surface area contributed by atoms with Gasteiger partial charge in [-0.25, -0.2) is 0 Å². The number of aliphatic carboxylic acids is 1. The van der Waals surface area contributed by atoms with Crippen LogP contribution < -0.4 is 11.1 Å². The van der Waals surface area contributed by atoms with Crippen molar-refractivity contribution in [2.75, 3.05) is 26.2 Å². The molecule has 33 heavy (non-hydrogen) atoms. The highest BCUT2D eigenvalue weighted by Gasteiger charge is 2.37. The van der Waals surface area contributed by atoms with Gasteiger partial charge < -0.3 is 26.0 Å². The van der Waals surface area contributed by atoms with Gasteiger partial charge >= 0.3 is 17.8 Å². The summed E-state index contributed by atoms with van der Waals surface area (Å²) >= 11 is 0. The van der Waals surface area contributed by atoms with Crippen molar-refractivity contribution in [3.63, 3.8) is 0 Å². The fraction of sp³-hybridized carbons (Fsp3) is 0.261. The van der Waals surface area contributed by atoms with E-state index in [9.17, 15) is 24.3 Å². The first-order valence-corrected chi connectivity index (χ1v) is 10.4. The molecule has 2 aromatic carbocycles. The number of nitrogens with zero attached hydrogens (tertiary/aromatic N) is 2. The molecule has 1 unspecified atom stereocenters. The first kappa shape index (κ1) is 23.5. The maximum atomic E-state index is 12.8.